The number of amides is 2. The average Bonchev–Trinajstić information content (AvgIpc) is 3.35. The van der Waals surface area contributed by atoms with Crippen LogP contribution in [0.25, 0.3) is 17.2 Å². The van der Waals surface area contributed by atoms with E-state index in [1.54, 1.807) is 13.2 Å². The Bertz CT molecular complexity index is 1250. The average molecular weight is 581 g/mol. The highest BCUT2D eigenvalue weighted by molar-refractivity contribution is 6.31. The Morgan fingerprint density at radius 3 is 2.46 bits per heavy atom. The zero-order valence-electron chi connectivity index (χ0n) is 24.5. The fourth-order valence-electron chi connectivity index (χ4n) is 5.18. The number of likely N-dealkylation sites (tertiary alicyclic amines) is 1. The second kappa shape index (κ2) is 14.0. The Labute approximate surface area is 248 Å². The first kappa shape index (κ1) is 32.1. The van der Waals surface area contributed by atoms with Crippen LogP contribution in [0.5, 0.6) is 0 Å². The van der Waals surface area contributed by atoms with Gasteiger partial charge in [0.1, 0.15) is 17.9 Å². The van der Waals surface area contributed by atoms with Crippen LogP contribution >= 0.6 is 11.6 Å². The first-order valence-corrected chi connectivity index (χ1v) is 14.3. The Morgan fingerprint density at radius 1 is 1.17 bits per heavy atom. The van der Waals surface area contributed by atoms with Crippen LogP contribution in [0, 0.1) is 5.41 Å². The van der Waals surface area contributed by atoms with E-state index in [0.717, 1.165) is 41.4 Å². The van der Waals surface area contributed by atoms with E-state index in [0.29, 0.717) is 11.4 Å². The van der Waals surface area contributed by atoms with E-state index in [-0.39, 0.29) is 25.5 Å². The molecule has 220 valence electrons. The molecule has 1 fully saturated rings. The summed E-state index contributed by atoms with van der Waals surface area (Å²) in [5.74, 6) is -0.358. The number of benzene rings is 2. The van der Waals surface area contributed by atoms with E-state index in [9.17, 15) is 14.4 Å². The summed E-state index contributed by atoms with van der Waals surface area (Å²) < 4.78 is 11.3. The number of unbranched alkanes of at least 4 members (excludes halogenated alkanes) is 2. The number of carbonyl (C=O) groups excluding carboxylic acids is 3. The van der Waals surface area contributed by atoms with Crippen molar-refractivity contribution in [2.75, 3.05) is 20.3 Å². The van der Waals surface area contributed by atoms with E-state index in [1.165, 1.54) is 4.90 Å². The van der Waals surface area contributed by atoms with Crippen LogP contribution < -0.4 is 5.32 Å². The van der Waals surface area contributed by atoms with Crippen LogP contribution in [0.15, 0.2) is 61.7 Å². The highest BCUT2D eigenvalue weighted by atomic mass is 35.5. The number of hydrogen-bond donors (Lipinski definition) is 1. The molecule has 1 aliphatic rings. The van der Waals surface area contributed by atoms with Gasteiger partial charge in [0, 0.05) is 18.6 Å². The molecule has 8 heteroatoms. The first-order chi connectivity index (χ1) is 19.5. The number of allylic oxidation sites excluding steroid dienone is 1. The largest absolute Gasteiger partial charge is 0.450 e. The molecule has 7 nitrogen and oxygen atoms in total. The maximum absolute atomic E-state index is 13.9. The molecule has 2 aromatic rings. The van der Waals surface area contributed by atoms with Gasteiger partial charge in [-0.2, -0.15) is 0 Å². The highest BCUT2D eigenvalue weighted by Crippen LogP contribution is 2.40. The topological polar surface area (TPSA) is 84.9 Å². The molecule has 1 N–H and O–H groups in total. The van der Waals surface area contributed by atoms with Gasteiger partial charge in [-0.3, -0.25) is 4.79 Å². The normalized spacial score (nSPS) is 19.3. The lowest BCUT2D eigenvalue weighted by Crippen LogP contribution is -2.56. The van der Waals surface area contributed by atoms with Crippen molar-refractivity contribution in [2.24, 2.45) is 5.41 Å². The van der Waals surface area contributed by atoms with E-state index < -0.39 is 29.2 Å². The predicted octanol–water partition coefficient (Wildman–Crippen LogP) is 6.79. The van der Waals surface area contributed by atoms with Crippen LogP contribution in [0.1, 0.15) is 57.6 Å². The van der Waals surface area contributed by atoms with Gasteiger partial charge in [-0.1, -0.05) is 81.4 Å². The molecular formula is C33H41ClN2O5. The molecule has 41 heavy (non-hydrogen) atoms. The third-order valence-electron chi connectivity index (χ3n) is 7.56. The standard InChI is InChI=1S/C33H41ClN2O5/c1-7-9-10-11-18-41-31(39)35-29(32(3,4)5)30(38)36-22-33(40-6,20-27(36)21-37)25-15-12-24(13-16-25)28-19-26(34)17-14-23(28)8-2/h7-8,12-17,19,21,27,29H,1-2,9-11,18,20,22H2,3-6H3,(H,35,39)/t27-,29+,33-/m0/s1. The van der Waals surface area contributed by atoms with Gasteiger partial charge < -0.3 is 24.5 Å². The minimum atomic E-state index is -0.902. The fourth-order valence-corrected chi connectivity index (χ4v) is 5.35. The number of halogens is 1. The molecule has 0 spiro atoms. The monoisotopic (exact) mass is 580 g/mol. The molecule has 0 saturated carbocycles. The van der Waals surface area contributed by atoms with Crippen molar-refractivity contribution >= 4 is 36.0 Å². The smallest absolute Gasteiger partial charge is 0.407 e. The quantitative estimate of drug-likeness (QED) is 0.170. The lowest BCUT2D eigenvalue weighted by atomic mass is 9.85. The van der Waals surface area contributed by atoms with E-state index >= 15 is 0 Å². The molecule has 3 atom stereocenters. The summed E-state index contributed by atoms with van der Waals surface area (Å²) in [6, 6.07) is 11.9. The third kappa shape index (κ3) is 7.66. The zero-order valence-corrected chi connectivity index (χ0v) is 25.2. The minimum Gasteiger partial charge on any atom is -0.450 e. The summed E-state index contributed by atoms with van der Waals surface area (Å²) in [6.45, 7) is 13.6. The third-order valence-corrected chi connectivity index (χ3v) is 7.80. The molecule has 2 amide bonds. The van der Waals surface area contributed by atoms with Gasteiger partial charge in [0.05, 0.1) is 19.2 Å². The molecule has 1 aliphatic heterocycles. The summed E-state index contributed by atoms with van der Waals surface area (Å²) in [6.07, 6.45) is 6.41. The number of hydrogen-bond acceptors (Lipinski definition) is 5. The Balaban J connectivity index is 1.83. The molecule has 0 radical (unpaired) electrons. The van der Waals surface area contributed by atoms with Gasteiger partial charge in [0.15, 0.2) is 0 Å². The van der Waals surface area contributed by atoms with Crippen LogP contribution in [-0.4, -0.2) is 55.5 Å². The van der Waals surface area contributed by atoms with Crippen molar-refractivity contribution in [3.05, 3.63) is 77.8 Å². The number of ether oxygens (including phenoxy) is 2. The fraction of sp³-hybridized carbons (Fsp3) is 0.424. The van der Waals surface area contributed by atoms with Gasteiger partial charge in [-0.15, -0.1) is 6.58 Å². The molecule has 1 saturated heterocycles. The number of methoxy groups -OCH3 is 1. The number of aldehydes is 1. The van der Waals surface area contributed by atoms with Gasteiger partial charge >= 0.3 is 6.09 Å². The van der Waals surface area contributed by atoms with Crippen LogP contribution in [0.3, 0.4) is 0 Å². The van der Waals surface area contributed by atoms with Crippen molar-refractivity contribution in [2.45, 2.75) is 64.1 Å². The van der Waals surface area contributed by atoms with Crippen molar-refractivity contribution < 1.29 is 23.9 Å². The van der Waals surface area contributed by atoms with Gasteiger partial charge in [-0.25, -0.2) is 4.79 Å². The van der Waals surface area contributed by atoms with Crippen molar-refractivity contribution in [1.82, 2.24) is 10.2 Å². The predicted molar refractivity (Wildman–Crippen MR) is 164 cm³/mol. The second-order valence-corrected chi connectivity index (χ2v) is 11.9. The van der Waals surface area contributed by atoms with Crippen molar-refractivity contribution in [3.8, 4) is 11.1 Å². The Hall–Kier alpha value is -3.42. The second-order valence-electron chi connectivity index (χ2n) is 11.4. The number of rotatable bonds is 12. The number of carbonyl (C=O) groups is 3. The molecule has 3 rings (SSSR count). The highest BCUT2D eigenvalue weighted by Gasteiger charge is 2.50. The Kier molecular flexibility index (Phi) is 10.9. The molecule has 1 heterocycles. The van der Waals surface area contributed by atoms with Crippen LogP contribution in [0.4, 0.5) is 4.79 Å². The molecule has 0 bridgehead atoms. The van der Waals surface area contributed by atoms with Crippen LogP contribution in [-0.2, 0) is 24.7 Å². The van der Waals surface area contributed by atoms with Crippen LogP contribution in [0.2, 0.25) is 5.02 Å². The van der Waals surface area contributed by atoms with Crippen molar-refractivity contribution in [1.29, 1.82) is 0 Å². The Morgan fingerprint density at radius 2 is 1.88 bits per heavy atom. The van der Waals surface area contributed by atoms with E-state index in [1.807, 2.05) is 69.3 Å². The zero-order chi connectivity index (χ0) is 30.2. The van der Waals surface area contributed by atoms with E-state index in [4.69, 9.17) is 21.1 Å². The molecule has 2 aromatic carbocycles. The lowest BCUT2D eigenvalue weighted by Gasteiger charge is -2.35. The lowest BCUT2D eigenvalue weighted by molar-refractivity contribution is -0.139. The molecule has 0 aromatic heterocycles. The number of nitrogens with zero attached hydrogens (tertiary/aromatic N) is 1. The van der Waals surface area contributed by atoms with Gasteiger partial charge in [0.25, 0.3) is 0 Å². The molecule has 0 unspecified atom stereocenters. The minimum absolute atomic E-state index is 0.158. The number of alkyl carbamates (subject to hydrolysis) is 1. The summed E-state index contributed by atoms with van der Waals surface area (Å²) in [7, 11) is 1.58. The van der Waals surface area contributed by atoms with Crippen molar-refractivity contribution in [3.63, 3.8) is 0 Å². The van der Waals surface area contributed by atoms with E-state index in [2.05, 4.69) is 18.5 Å². The molecular weight excluding hydrogens is 540 g/mol. The summed E-state index contributed by atoms with van der Waals surface area (Å²) in [4.78, 5) is 40.2. The molecule has 0 aliphatic carbocycles. The summed E-state index contributed by atoms with van der Waals surface area (Å²) in [5.41, 5.74) is 2.17. The van der Waals surface area contributed by atoms with Gasteiger partial charge in [0.2, 0.25) is 5.91 Å². The SMILES string of the molecule is C=CCCCCOC(=O)N[C@H](C(=O)N1C[C@](OC)(c2ccc(-c3cc(Cl)ccc3C=C)cc2)C[C@H]1C=O)C(C)(C)C. The maximum Gasteiger partial charge on any atom is 0.407 e. The first-order valence-electron chi connectivity index (χ1n) is 13.9. The summed E-state index contributed by atoms with van der Waals surface area (Å²) in [5, 5.41) is 3.37. The van der Waals surface area contributed by atoms with Gasteiger partial charge in [-0.05, 0) is 59.1 Å². The summed E-state index contributed by atoms with van der Waals surface area (Å²) >= 11 is 6.25. The maximum atomic E-state index is 13.9. The number of nitrogens with one attached hydrogen (secondary N) is 1.